The Morgan fingerprint density at radius 3 is 2.58 bits per heavy atom. The molecule has 0 bridgehead atoms. The molecule has 4 heteroatoms. The minimum absolute atomic E-state index is 0.0247. The predicted molar refractivity (Wildman–Crippen MR) is 76.8 cm³/mol. The molecular formula is C15H21N3O. The molecule has 1 atom stereocenters. The molecule has 102 valence electrons. The smallest absolute Gasteiger partial charge is 0.241 e. The van der Waals surface area contributed by atoms with Crippen molar-refractivity contribution >= 4 is 11.6 Å². The summed E-state index contributed by atoms with van der Waals surface area (Å²) < 4.78 is 0. The fourth-order valence-corrected chi connectivity index (χ4v) is 1.68. The van der Waals surface area contributed by atoms with E-state index in [0.717, 1.165) is 25.1 Å². The number of anilines is 1. The molecule has 0 aromatic heterocycles. The van der Waals surface area contributed by atoms with Gasteiger partial charge in [0.1, 0.15) is 0 Å². The summed E-state index contributed by atoms with van der Waals surface area (Å²) in [6.07, 6.45) is 2.21. The molecule has 1 unspecified atom stereocenters. The number of carbonyl (C=O) groups excluding carboxylic acids is 1. The van der Waals surface area contributed by atoms with Crippen LogP contribution < -0.4 is 5.32 Å². The van der Waals surface area contributed by atoms with Crippen LogP contribution in [-0.2, 0) is 4.79 Å². The molecule has 1 aromatic rings. The van der Waals surface area contributed by atoms with Crippen LogP contribution in [-0.4, -0.2) is 30.4 Å². The van der Waals surface area contributed by atoms with Gasteiger partial charge in [0.2, 0.25) is 5.91 Å². The first kappa shape index (κ1) is 15.2. The maximum atomic E-state index is 12.1. The highest BCUT2D eigenvalue weighted by atomic mass is 16.2. The zero-order valence-corrected chi connectivity index (χ0v) is 11.8. The predicted octanol–water partition coefficient (Wildman–Crippen LogP) is 2.62. The Kier molecular flexibility index (Phi) is 6.04. The van der Waals surface area contributed by atoms with Gasteiger partial charge in [-0.05, 0) is 51.2 Å². The van der Waals surface area contributed by atoms with Crippen molar-refractivity contribution in [3.63, 3.8) is 0 Å². The Morgan fingerprint density at radius 2 is 2.05 bits per heavy atom. The minimum Gasteiger partial charge on any atom is -0.325 e. The molecule has 1 rings (SSSR count). The second kappa shape index (κ2) is 7.55. The average Bonchev–Trinajstić information content (AvgIpc) is 2.44. The SMILES string of the molecule is CCCCN(C)C(C)C(=O)Nc1ccc(C#N)cc1. The van der Waals surface area contributed by atoms with Crippen molar-refractivity contribution in [1.29, 1.82) is 5.26 Å². The Bertz CT molecular complexity index is 447. The maximum absolute atomic E-state index is 12.1. The van der Waals surface area contributed by atoms with Crippen LogP contribution in [0.2, 0.25) is 0 Å². The number of benzene rings is 1. The number of nitrogens with one attached hydrogen (secondary N) is 1. The second-order valence-electron chi connectivity index (χ2n) is 4.69. The number of nitrogens with zero attached hydrogens (tertiary/aromatic N) is 2. The van der Waals surface area contributed by atoms with Crippen molar-refractivity contribution < 1.29 is 4.79 Å². The van der Waals surface area contributed by atoms with Crippen LogP contribution in [0.25, 0.3) is 0 Å². The third-order valence-corrected chi connectivity index (χ3v) is 3.19. The van der Waals surface area contributed by atoms with Crippen LogP contribution in [0.1, 0.15) is 32.3 Å². The van der Waals surface area contributed by atoms with Gasteiger partial charge in [0, 0.05) is 5.69 Å². The largest absolute Gasteiger partial charge is 0.325 e. The molecule has 0 saturated heterocycles. The van der Waals surface area contributed by atoms with Crippen LogP contribution >= 0.6 is 0 Å². The molecule has 0 spiro atoms. The van der Waals surface area contributed by atoms with Crippen LogP contribution in [0.4, 0.5) is 5.69 Å². The lowest BCUT2D eigenvalue weighted by Crippen LogP contribution is -2.40. The van der Waals surface area contributed by atoms with Crippen molar-refractivity contribution in [3.05, 3.63) is 29.8 Å². The highest BCUT2D eigenvalue weighted by molar-refractivity contribution is 5.94. The summed E-state index contributed by atoms with van der Waals surface area (Å²) >= 11 is 0. The molecule has 0 aliphatic carbocycles. The van der Waals surface area contributed by atoms with Crippen LogP contribution in [0, 0.1) is 11.3 Å². The van der Waals surface area contributed by atoms with Gasteiger partial charge in [-0.25, -0.2) is 0 Å². The quantitative estimate of drug-likeness (QED) is 0.854. The number of carbonyl (C=O) groups is 1. The lowest BCUT2D eigenvalue weighted by Gasteiger charge is -2.23. The number of rotatable bonds is 6. The summed E-state index contributed by atoms with van der Waals surface area (Å²) in [4.78, 5) is 14.1. The fourth-order valence-electron chi connectivity index (χ4n) is 1.68. The van der Waals surface area contributed by atoms with Crippen LogP contribution in [0.5, 0.6) is 0 Å². The number of unbranched alkanes of at least 4 members (excludes halogenated alkanes) is 1. The number of hydrogen-bond acceptors (Lipinski definition) is 3. The molecule has 0 aliphatic rings. The number of nitriles is 1. The van der Waals surface area contributed by atoms with E-state index < -0.39 is 0 Å². The molecule has 0 fully saturated rings. The topological polar surface area (TPSA) is 56.1 Å². The highest BCUT2D eigenvalue weighted by Crippen LogP contribution is 2.10. The van der Waals surface area contributed by atoms with Crippen LogP contribution in [0.15, 0.2) is 24.3 Å². The van der Waals surface area contributed by atoms with Crippen molar-refractivity contribution in [2.75, 3.05) is 18.9 Å². The normalized spacial score (nSPS) is 11.9. The molecule has 19 heavy (non-hydrogen) atoms. The minimum atomic E-state index is -0.165. The van der Waals surface area contributed by atoms with E-state index >= 15 is 0 Å². The van der Waals surface area contributed by atoms with Gasteiger partial charge in [0.25, 0.3) is 0 Å². The molecular weight excluding hydrogens is 238 g/mol. The first-order chi connectivity index (χ1) is 9.08. The number of likely N-dealkylation sites (N-methyl/N-ethyl adjacent to an activating group) is 1. The lowest BCUT2D eigenvalue weighted by molar-refractivity contribution is -0.120. The maximum Gasteiger partial charge on any atom is 0.241 e. The van der Waals surface area contributed by atoms with Crippen molar-refractivity contribution in [2.45, 2.75) is 32.7 Å². The molecule has 0 heterocycles. The first-order valence-corrected chi connectivity index (χ1v) is 6.59. The van der Waals surface area contributed by atoms with Crippen LogP contribution in [0.3, 0.4) is 0 Å². The Morgan fingerprint density at radius 1 is 1.42 bits per heavy atom. The van der Waals surface area contributed by atoms with E-state index in [-0.39, 0.29) is 11.9 Å². The van der Waals surface area contributed by atoms with Gasteiger partial charge in [-0.15, -0.1) is 0 Å². The van der Waals surface area contributed by atoms with Crippen molar-refractivity contribution in [2.24, 2.45) is 0 Å². The van der Waals surface area contributed by atoms with Gasteiger partial charge in [-0.2, -0.15) is 5.26 Å². The zero-order valence-electron chi connectivity index (χ0n) is 11.8. The zero-order chi connectivity index (χ0) is 14.3. The monoisotopic (exact) mass is 259 g/mol. The van der Waals surface area contributed by atoms with E-state index in [4.69, 9.17) is 5.26 Å². The lowest BCUT2D eigenvalue weighted by atomic mass is 10.2. The summed E-state index contributed by atoms with van der Waals surface area (Å²) in [7, 11) is 1.96. The van der Waals surface area contributed by atoms with Gasteiger partial charge >= 0.3 is 0 Å². The van der Waals surface area contributed by atoms with E-state index in [1.54, 1.807) is 24.3 Å². The molecule has 1 N–H and O–H groups in total. The van der Waals surface area contributed by atoms with Gasteiger partial charge < -0.3 is 5.32 Å². The fraction of sp³-hybridized carbons (Fsp3) is 0.467. The number of hydrogen-bond donors (Lipinski definition) is 1. The summed E-state index contributed by atoms with van der Waals surface area (Å²) in [5.41, 5.74) is 1.31. The van der Waals surface area contributed by atoms with E-state index in [1.807, 2.05) is 18.9 Å². The summed E-state index contributed by atoms with van der Waals surface area (Å²) in [6, 6.07) is 8.77. The van der Waals surface area contributed by atoms with Crippen molar-refractivity contribution in [3.8, 4) is 6.07 Å². The summed E-state index contributed by atoms with van der Waals surface area (Å²) in [6.45, 7) is 4.95. The van der Waals surface area contributed by atoms with Gasteiger partial charge in [0.05, 0.1) is 17.7 Å². The Labute approximate surface area is 115 Å². The molecule has 1 amide bonds. The summed E-state index contributed by atoms with van der Waals surface area (Å²) in [5, 5.41) is 11.6. The van der Waals surface area contributed by atoms with E-state index in [2.05, 4.69) is 18.3 Å². The molecule has 0 saturated carbocycles. The summed E-state index contributed by atoms with van der Waals surface area (Å²) in [5.74, 6) is -0.0247. The molecule has 0 radical (unpaired) electrons. The third-order valence-electron chi connectivity index (χ3n) is 3.19. The van der Waals surface area contributed by atoms with E-state index in [1.165, 1.54) is 0 Å². The average molecular weight is 259 g/mol. The van der Waals surface area contributed by atoms with Gasteiger partial charge in [-0.1, -0.05) is 13.3 Å². The van der Waals surface area contributed by atoms with Gasteiger partial charge in [0.15, 0.2) is 0 Å². The van der Waals surface area contributed by atoms with Gasteiger partial charge in [-0.3, -0.25) is 9.69 Å². The first-order valence-electron chi connectivity index (χ1n) is 6.59. The standard InChI is InChI=1S/C15H21N3O/c1-4-5-10-18(3)12(2)15(19)17-14-8-6-13(11-16)7-9-14/h6-9,12H,4-5,10H2,1-3H3,(H,17,19). The second-order valence-corrected chi connectivity index (χ2v) is 4.69. The van der Waals surface area contributed by atoms with Crippen molar-refractivity contribution in [1.82, 2.24) is 4.90 Å². The Hall–Kier alpha value is -1.86. The van der Waals surface area contributed by atoms with E-state index in [0.29, 0.717) is 5.56 Å². The molecule has 1 aromatic carbocycles. The Balaban J connectivity index is 2.55. The highest BCUT2D eigenvalue weighted by Gasteiger charge is 2.17. The van der Waals surface area contributed by atoms with E-state index in [9.17, 15) is 4.79 Å². The number of amides is 1. The molecule has 0 aliphatic heterocycles. The third kappa shape index (κ3) is 4.72. The molecule has 4 nitrogen and oxygen atoms in total.